The highest BCUT2D eigenvalue weighted by atomic mass is 35.5. The third-order valence-electron chi connectivity index (χ3n) is 3.99. The summed E-state index contributed by atoms with van der Waals surface area (Å²) in [4.78, 5) is 21.5. The molecule has 4 rings (SSSR count). The van der Waals surface area contributed by atoms with Crippen LogP contribution in [0.2, 0.25) is 5.02 Å². The number of nitrogens with one attached hydrogen (secondary N) is 2. The first-order valence-corrected chi connectivity index (χ1v) is 8.76. The number of pyridine rings is 2. The predicted octanol–water partition coefficient (Wildman–Crippen LogP) is 4.53. The molecule has 8 nitrogen and oxygen atoms in total. The van der Waals surface area contributed by atoms with Gasteiger partial charge in [0.15, 0.2) is 5.82 Å². The molecule has 30 heavy (non-hydrogen) atoms. The summed E-state index contributed by atoms with van der Waals surface area (Å²) in [5.74, 6) is 0.228. The Morgan fingerprint density at radius 3 is 2.47 bits per heavy atom. The van der Waals surface area contributed by atoms with E-state index in [0.717, 1.165) is 6.20 Å². The number of rotatable bonds is 3. The standard InChI is InChI=1S/C18H11ClF3N7O/c19-12-7-10(8-24-16(12)29-25-5-6-26-29)27-17(30)28-14-9-23-13-4-2-1-3-11(13)15(14)18(20,21)22/h1-9H,(H2,27,28,30). The second-order valence-corrected chi connectivity index (χ2v) is 6.40. The molecule has 3 heterocycles. The molecule has 0 saturated heterocycles. The Hall–Kier alpha value is -3.73. The monoisotopic (exact) mass is 433 g/mol. The predicted molar refractivity (Wildman–Crippen MR) is 104 cm³/mol. The van der Waals surface area contributed by atoms with Gasteiger partial charge in [-0.1, -0.05) is 29.8 Å². The zero-order valence-electron chi connectivity index (χ0n) is 14.9. The maximum atomic E-state index is 13.6. The van der Waals surface area contributed by atoms with Crippen molar-refractivity contribution in [2.45, 2.75) is 6.18 Å². The fourth-order valence-electron chi connectivity index (χ4n) is 2.80. The van der Waals surface area contributed by atoms with Crippen molar-refractivity contribution in [3.63, 3.8) is 0 Å². The quantitative estimate of drug-likeness (QED) is 0.495. The fourth-order valence-corrected chi connectivity index (χ4v) is 3.04. The lowest BCUT2D eigenvalue weighted by Crippen LogP contribution is -2.22. The van der Waals surface area contributed by atoms with Crippen molar-refractivity contribution in [2.75, 3.05) is 10.6 Å². The van der Waals surface area contributed by atoms with Gasteiger partial charge in [-0.3, -0.25) is 4.98 Å². The second kappa shape index (κ2) is 7.59. The average molecular weight is 434 g/mol. The van der Waals surface area contributed by atoms with Crippen LogP contribution in [0.25, 0.3) is 16.7 Å². The Balaban J connectivity index is 1.59. The molecule has 0 radical (unpaired) electrons. The van der Waals surface area contributed by atoms with Crippen LogP contribution in [0.4, 0.5) is 29.3 Å². The van der Waals surface area contributed by atoms with E-state index in [1.54, 1.807) is 6.07 Å². The lowest BCUT2D eigenvalue weighted by atomic mass is 10.1. The van der Waals surface area contributed by atoms with Crippen molar-refractivity contribution >= 4 is 39.9 Å². The lowest BCUT2D eigenvalue weighted by Gasteiger charge is -2.16. The number of nitrogens with zero attached hydrogens (tertiary/aromatic N) is 5. The molecule has 0 fully saturated rings. The molecule has 152 valence electrons. The van der Waals surface area contributed by atoms with E-state index in [1.807, 2.05) is 0 Å². The van der Waals surface area contributed by atoms with Crippen LogP contribution in [0, 0.1) is 0 Å². The summed E-state index contributed by atoms with van der Waals surface area (Å²) in [6.45, 7) is 0. The Morgan fingerprint density at radius 1 is 1.03 bits per heavy atom. The van der Waals surface area contributed by atoms with Crippen LogP contribution in [0.5, 0.6) is 0 Å². The van der Waals surface area contributed by atoms with Gasteiger partial charge in [0.2, 0.25) is 0 Å². The number of carbonyl (C=O) groups excluding carboxylic acids is 1. The van der Waals surface area contributed by atoms with Gasteiger partial charge in [-0.25, -0.2) is 9.78 Å². The molecule has 2 N–H and O–H groups in total. The molecule has 0 bridgehead atoms. The minimum atomic E-state index is -4.70. The van der Waals surface area contributed by atoms with Gasteiger partial charge in [-0.2, -0.15) is 23.4 Å². The first-order chi connectivity index (χ1) is 14.3. The highest BCUT2D eigenvalue weighted by Gasteiger charge is 2.36. The largest absolute Gasteiger partial charge is 0.419 e. The molecule has 1 aromatic carbocycles. The number of hydrogen-bond donors (Lipinski definition) is 2. The van der Waals surface area contributed by atoms with Gasteiger partial charge in [0, 0.05) is 5.39 Å². The summed E-state index contributed by atoms with van der Waals surface area (Å²) >= 11 is 6.12. The van der Waals surface area contributed by atoms with Crippen molar-refractivity contribution in [1.29, 1.82) is 0 Å². The summed E-state index contributed by atoms with van der Waals surface area (Å²) in [5, 5.41) is 12.4. The van der Waals surface area contributed by atoms with Crippen molar-refractivity contribution in [2.24, 2.45) is 0 Å². The minimum Gasteiger partial charge on any atom is -0.306 e. The number of halogens is 4. The topological polar surface area (TPSA) is 97.6 Å². The highest BCUT2D eigenvalue weighted by molar-refractivity contribution is 6.32. The number of urea groups is 1. The van der Waals surface area contributed by atoms with Gasteiger partial charge < -0.3 is 10.6 Å². The minimum absolute atomic E-state index is 0.122. The van der Waals surface area contributed by atoms with Crippen LogP contribution in [-0.2, 0) is 6.18 Å². The smallest absolute Gasteiger partial charge is 0.306 e. The van der Waals surface area contributed by atoms with Gasteiger partial charge in [0.25, 0.3) is 0 Å². The van der Waals surface area contributed by atoms with Crippen LogP contribution in [0.15, 0.2) is 55.1 Å². The number of alkyl halides is 3. The lowest BCUT2D eigenvalue weighted by molar-refractivity contribution is -0.135. The number of fused-ring (bicyclic) bond motifs is 1. The van der Waals surface area contributed by atoms with E-state index in [0.29, 0.717) is 0 Å². The van der Waals surface area contributed by atoms with Gasteiger partial charge in [0.1, 0.15) is 0 Å². The van der Waals surface area contributed by atoms with Crippen molar-refractivity contribution in [3.8, 4) is 5.82 Å². The first kappa shape index (κ1) is 19.6. The van der Waals surface area contributed by atoms with Crippen molar-refractivity contribution in [1.82, 2.24) is 25.0 Å². The number of para-hydroxylation sites is 1. The van der Waals surface area contributed by atoms with Crippen molar-refractivity contribution in [3.05, 3.63) is 65.7 Å². The first-order valence-electron chi connectivity index (χ1n) is 8.38. The number of hydrogen-bond acceptors (Lipinski definition) is 5. The Kier molecular flexibility index (Phi) is 4.96. The number of benzene rings is 1. The average Bonchev–Trinajstić information content (AvgIpc) is 3.21. The molecule has 2 amide bonds. The van der Waals surface area contributed by atoms with E-state index in [2.05, 4.69) is 30.8 Å². The maximum absolute atomic E-state index is 13.6. The fraction of sp³-hybridized carbons (Fsp3) is 0.0556. The van der Waals surface area contributed by atoms with Gasteiger partial charge >= 0.3 is 12.2 Å². The van der Waals surface area contributed by atoms with Gasteiger partial charge in [-0.05, 0) is 12.1 Å². The van der Waals surface area contributed by atoms with E-state index >= 15 is 0 Å². The summed E-state index contributed by atoms with van der Waals surface area (Å²) in [6.07, 6.45) is 0.408. The summed E-state index contributed by atoms with van der Waals surface area (Å²) in [6, 6.07) is 6.25. The number of carbonyl (C=O) groups is 1. The molecule has 0 aliphatic carbocycles. The van der Waals surface area contributed by atoms with Crippen LogP contribution in [-0.4, -0.2) is 31.0 Å². The molecule has 0 saturated carbocycles. The molecule has 4 aromatic rings. The van der Waals surface area contributed by atoms with Crippen LogP contribution >= 0.6 is 11.6 Å². The highest BCUT2D eigenvalue weighted by Crippen LogP contribution is 2.39. The maximum Gasteiger partial charge on any atom is 0.419 e. The number of amides is 2. The van der Waals surface area contributed by atoms with E-state index in [9.17, 15) is 18.0 Å². The van der Waals surface area contributed by atoms with Gasteiger partial charge in [0.05, 0.1) is 52.3 Å². The molecule has 0 aliphatic heterocycles. The molecule has 0 spiro atoms. The number of anilines is 2. The third-order valence-corrected chi connectivity index (χ3v) is 4.27. The summed E-state index contributed by atoms with van der Waals surface area (Å²) in [7, 11) is 0. The SMILES string of the molecule is O=C(Nc1cnc(-n2nccn2)c(Cl)c1)Nc1cnc2ccccc2c1C(F)(F)F. The zero-order chi connectivity index (χ0) is 21.3. The molecule has 0 aliphatic rings. The zero-order valence-corrected chi connectivity index (χ0v) is 15.6. The molecule has 0 unspecified atom stereocenters. The Bertz CT molecular complexity index is 1230. The third kappa shape index (κ3) is 3.87. The van der Waals surface area contributed by atoms with Crippen LogP contribution < -0.4 is 10.6 Å². The van der Waals surface area contributed by atoms with E-state index in [4.69, 9.17) is 11.6 Å². The molecular weight excluding hydrogens is 423 g/mol. The molecular formula is C18H11ClF3N7O. The van der Waals surface area contributed by atoms with E-state index in [1.165, 1.54) is 47.7 Å². The van der Waals surface area contributed by atoms with E-state index in [-0.39, 0.29) is 27.4 Å². The summed E-state index contributed by atoms with van der Waals surface area (Å²) in [5.41, 5.74) is -1.14. The normalized spacial score (nSPS) is 11.5. The van der Waals surface area contributed by atoms with Crippen LogP contribution in [0.3, 0.4) is 0 Å². The van der Waals surface area contributed by atoms with Crippen molar-refractivity contribution < 1.29 is 18.0 Å². The second-order valence-electron chi connectivity index (χ2n) is 5.99. The van der Waals surface area contributed by atoms with E-state index < -0.39 is 23.5 Å². The van der Waals surface area contributed by atoms with Crippen LogP contribution in [0.1, 0.15) is 5.56 Å². The van der Waals surface area contributed by atoms with Gasteiger partial charge in [-0.15, -0.1) is 4.80 Å². The molecule has 0 atom stereocenters. The number of aromatic nitrogens is 5. The molecule has 12 heteroatoms. The molecule has 3 aromatic heterocycles. The summed E-state index contributed by atoms with van der Waals surface area (Å²) < 4.78 is 40.9. The Labute approximate surface area is 171 Å². The Morgan fingerprint density at radius 2 is 1.77 bits per heavy atom.